The Hall–Kier alpha value is -2.89. The molecule has 0 aromatic heterocycles. The predicted octanol–water partition coefficient (Wildman–Crippen LogP) is 2.68. The van der Waals surface area contributed by atoms with Crippen molar-refractivity contribution in [3.8, 4) is 5.75 Å². The first kappa shape index (κ1) is 17.9. The van der Waals surface area contributed by atoms with E-state index >= 15 is 0 Å². The summed E-state index contributed by atoms with van der Waals surface area (Å²) in [6, 6.07) is 13.3. The fraction of sp³-hybridized carbons (Fsp3) is 0.300. The van der Waals surface area contributed by atoms with Crippen LogP contribution in [0.3, 0.4) is 0 Å². The molecule has 2 aromatic carbocycles. The maximum absolute atomic E-state index is 13.0. The number of amides is 2. The molecule has 2 amide bonds. The predicted molar refractivity (Wildman–Crippen MR) is 96.5 cm³/mol. The standard InChI is InChI=1S/C20H21FN2O3/c1-14-3-2-4-18(9-14)26-13-19(24)22-11-15-10-20(25)23(12-15)17-7-5-16(21)6-8-17/h2-9,15H,10-13H2,1H3,(H,22,24)/t15-/m0/s1. The van der Waals surface area contributed by atoms with Crippen molar-refractivity contribution in [2.75, 3.05) is 24.6 Å². The zero-order valence-electron chi connectivity index (χ0n) is 14.6. The summed E-state index contributed by atoms with van der Waals surface area (Å²) in [4.78, 5) is 25.7. The van der Waals surface area contributed by atoms with E-state index in [1.54, 1.807) is 23.1 Å². The molecule has 1 saturated heterocycles. The maximum Gasteiger partial charge on any atom is 0.257 e. The highest BCUT2D eigenvalue weighted by Gasteiger charge is 2.30. The van der Waals surface area contributed by atoms with Crippen molar-refractivity contribution in [2.24, 2.45) is 5.92 Å². The molecule has 0 aliphatic carbocycles. The number of hydrogen-bond donors (Lipinski definition) is 1. The van der Waals surface area contributed by atoms with E-state index in [0.717, 1.165) is 5.56 Å². The van der Waals surface area contributed by atoms with Crippen molar-refractivity contribution in [2.45, 2.75) is 13.3 Å². The van der Waals surface area contributed by atoms with Gasteiger partial charge in [-0.25, -0.2) is 4.39 Å². The van der Waals surface area contributed by atoms with E-state index in [1.807, 2.05) is 25.1 Å². The zero-order chi connectivity index (χ0) is 18.5. The van der Waals surface area contributed by atoms with Crippen LogP contribution in [0.2, 0.25) is 0 Å². The second kappa shape index (κ2) is 7.99. The molecule has 1 fully saturated rings. The van der Waals surface area contributed by atoms with Gasteiger partial charge in [-0.3, -0.25) is 9.59 Å². The first-order valence-electron chi connectivity index (χ1n) is 8.53. The lowest BCUT2D eigenvalue weighted by molar-refractivity contribution is -0.123. The molecule has 1 aliphatic rings. The Labute approximate surface area is 151 Å². The molecule has 0 spiro atoms. The second-order valence-electron chi connectivity index (χ2n) is 6.46. The average molecular weight is 356 g/mol. The Morgan fingerprint density at radius 1 is 1.27 bits per heavy atom. The van der Waals surface area contributed by atoms with Gasteiger partial charge in [0.15, 0.2) is 6.61 Å². The van der Waals surface area contributed by atoms with Gasteiger partial charge in [0.1, 0.15) is 11.6 Å². The van der Waals surface area contributed by atoms with Crippen molar-refractivity contribution in [1.29, 1.82) is 0 Å². The molecule has 2 aromatic rings. The van der Waals surface area contributed by atoms with Gasteiger partial charge in [-0.1, -0.05) is 12.1 Å². The molecule has 1 atom stereocenters. The number of anilines is 1. The molecule has 0 bridgehead atoms. The van der Waals surface area contributed by atoms with Crippen molar-refractivity contribution in [3.63, 3.8) is 0 Å². The molecule has 136 valence electrons. The maximum atomic E-state index is 13.0. The third kappa shape index (κ3) is 4.59. The Bertz CT molecular complexity index is 792. The summed E-state index contributed by atoms with van der Waals surface area (Å²) in [5.74, 6) is 0.0954. The van der Waals surface area contributed by atoms with Gasteiger partial charge in [0.25, 0.3) is 5.91 Å². The molecule has 1 N–H and O–H groups in total. The molecule has 1 aliphatic heterocycles. The summed E-state index contributed by atoms with van der Waals surface area (Å²) in [6.45, 7) is 2.80. The Morgan fingerprint density at radius 3 is 2.77 bits per heavy atom. The summed E-state index contributed by atoms with van der Waals surface area (Å²) < 4.78 is 18.5. The third-order valence-electron chi connectivity index (χ3n) is 4.29. The third-order valence-corrected chi connectivity index (χ3v) is 4.29. The highest BCUT2D eigenvalue weighted by Crippen LogP contribution is 2.24. The van der Waals surface area contributed by atoms with Crippen LogP contribution in [-0.2, 0) is 9.59 Å². The van der Waals surface area contributed by atoms with Gasteiger partial charge in [-0.2, -0.15) is 0 Å². The number of halogens is 1. The summed E-state index contributed by atoms with van der Waals surface area (Å²) in [6.07, 6.45) is 0.358. The van der Waals surface area contributed by atoms with Crippen molar-refractivity contribution in [3.05, 3.63) is 59.9 Å². The molecule has 0 saturated carbocycles. The smallest absolute Gasteiger partial charge is 0.257 e. The van der Waals surface area contributed by atoms with Crippen LogP contribution in [0.1, 0.15) is 12.0 Å². The molecule has 6 heteroatoms. The Balaban J connectivity index is 1.45. The summed E-state index contributed by atoms with van der Waals surface area (Å²) in [5.41, 5.74) is 1.74. The van der Waals surface area contributed by atoms with E-state index in [4.69, 9.17) is 4.74 Å². The largest absolute Gasteiger partial charge is 0.484 e. The van der Waals surface area contributed by atoms with Crippen LogP contribution in [0.25, 0.3) is 0 Å². The number of ether oxygens (including phenoxy) is 1. The molecule has 0 radical (unpaired) electrons. The average Bonchev–Trinajstić information content (AvgIpc) is 3.00. The topological polar surface area (TPSA) is 58.6 Å². The lowest BCUT2D eigenvalue weighted by atomic mass is 10.1. The van der Waals surface area contributed by atoms with Crippen LogP contribution in [0.5, 0.6) is 5.75 Å². The van der Waals surface area contributed by atoms with Gasteiger partial charge >= 0.3 is 0 Å². The van der Waals surface area contributed by atoms with E-state index in [2.05, 4.69) is 5.32 Å². The number of nitrogens with zero attached hydrogens (tertiary/aromatic N) is 1. The van der Waals surface area contributed by atoms with E-state index in [0.29, 0.717) is 30.9 Å². The number of hydrogen-bond acceptors (Lipinski definition) is 3. The number of benzene rings is 2. The van der Waals surface area contributed by atoms with Crippen molar-refractivity contribution >= 4 is 17.5 Å². The summed E-state index contributed by atoms with van der Waals surface area (Å²) in [5, 5.41) is 2.81. The van der Waals surface area contributed by atoms with Gasteiger partial charge in [-0.15, -0.1) is 0 Å². The van der Waals surface area contributed by atoms with Gasteiger partial charge in [0.05, 0.1) is 0 Å². The van der Waals surface area contributed by atoms with Crippen molar-refractivity contribution < 1.29 is 18.7 Å². The molecular weight excluding hydrogens is 335 g/mol. The highest BCUT2D eigenvalue weighted by molar-refractivity contribution is 5.95. The van der Waals surface area contributed by atoms with Crippen LogP contribution in [0.15, 0.2) is 48.5 Å². The SMILES string of the molecule is Cc1cccc(OCC(=O)NC[C@@H]2CC(=O)N(c3ccc(F)cc3)C2)c1. The number of carbonyl (C=O) groups is 2. The Morgan fingerprint density at radius 2 is 2.04 bits per heavy atom. The Kier molecular flexibility index (Phi) is 5.51. The highest BCUT2D eigenvalue weighted by atomic mass is 19.1. The van der Waals surface area contributed by atoms with E-state index in [-0.39, 0.29) is 30.2 Å². The van der Waals surface area contributed by atoms with E-state index in [9.17, 15) is 14.0 Å². The molecule has 3 rings (SSSR count). The fourth-order valence-electron chi connectivity index (χ4n) is 2.95. The van der Waals surface area contributed by atoms with Gasteiger partial charge in [-0.05, 0) is 48.9 Å². The van der Waals surface area contributed by atoms with Crippen molar-refractivity contribution in [1.82, 2.24) is 5.32 Å². The van der Waals surface area contributed by atoms with Crippen LogP contribution in [0.4, 0.5) is 10.1 Å². The van der Waals surface area contributed by atoms with Crippen LogP contribution in [0, 0.1) is 18.7 Å². The first-order chi connectivity index (χ1) is 12.5. The van der Waals surface area contributed by atoms with Crippen LogP contribution >= 0.6 is 0 Å². The molecular formula is C20H21FN2O3. The van der Waals surface area contributed by atoms with E-state index in [1.165, 1.54) is 12.1 Å². The lowest BCUT2D eigenvalue weighted by Crippen LogP contribution is -2.34. The molecule has 1 heterocycles. The normalized spacial score (nSPS) is 16.6. The molecule has 0 unspecified atom stereocenters. The van der Waals surface area contributed by atoms with Gasteiger partial charge < -0.3 is 15.0 Å². The van der Waals surface area contributed by atoms with Gasteiger partial charge in [0, 0.05) is 31.1 Å². The molecule has 5 nitrogen and oxygen atoms in total. The number of aryl methyl sites for hydroxylation is 1. The summed E-state index contributed by atoms with van der Waals surface area (Å²) in [7, 11) is 0. The zero-order valence-corrected chi connectivity index (χ0v) is 14.6. The number of rotatable bonds is 6. The van der Waals surface area contributed by atoms with Gasteiger partial charge in [0.2, 0.25) is 5.91 Å². The quantitative estimate of drug-likeness (QED) is 0.866. The van der Waals surface area contributed by atoms with E-state index < -0.39 is 0 Å². The fourth-order valence-corrected chi connectivity index (χ4v) is 2.95. The van der Waals surface area contributed by atoms with Crippen LogP contribution < -0.4 is 15.0 Å². The minimum Gasteiger partial charge on any atom is -0.484 e. The summed E-state index contributed by atoms with van der Waals surface area (Å²) >= 11 is 0. The minimum absolute atomic E-state index is 0.0214. The monoisotopic (exact) mass is 356 g/mol. The van der Waals surface area contributed by atoms with Crippen LogP contribution in [-0.4, -0.2) is 31.5 Å². The minimum atomic E-state index is -0.335. The lowest BCUT2D eigenvalue weighted by Gasteiger charge is -2.17. The second-order valence-corrected chi connectivity index (χ2v) is 6.46. The number of nitrogens with one attached hydrogen (secondary N) is 1. The first-order valence-corrected chi connectivity index (χ1v) is 8.53. The number of carbonyl (C=O) groups excluding carboxylic acids is 2. The molecule has 26 heavy (non-hydrogen) atoms.